The fraction of sp³-hybridized carbons (Fsp3) is 0.0256. The summed E-state index contributed by atoms with van der Waals surface area (Å²) >= 11 is 0. The standard InChI is InChI=1S/C39H25F3N4/c40-39(41,42)28-23-35-38(26-14-8-3-9-15-26)33-21-20-32(45-33)37(25-12-6-2-7-13-25)31-19-18-30(44-31)36(24-10-4-1-5-11-24)29-17-16-27(43-29)22-34(28)46-35/h1-23,43,45H. The first-order valence-electron chi connectivity index (χ1n) is 14.8. The molecule has 3 aromatic heterocycles. The molecule has 0 saturated carbocycles. The summed E-state index contributed by atoms with van der Waals surface area (Å²) in [6.45, 7) is 0. The Kier molecular flexibility index (Phi) is 6.53. The van der Waals surface area contributed by atoms with Crippen LogP contribution in [-0.2, 0) is 0 Å². The quantitative estimate of drug-likeness (QED) is 0.210. The number of benzene rings is 3. The second kappa shape index (κ2) is 10.9. The molecule has 0 amide bonds. The molecule has 8 rings (SSSR count). The molecule has 0 atom stereocenters. The maximum atomic E-state index is 14.5. The Balaban J connectivity index is 1.57. The van der Waals surface area contributed by atoms with Crippen LogP contribution in [0.1, 0.15) is 22.8 Å². The number of fused-ring (bicyclic) bond motifs is 8. The highest BCUT2D eigenvalue weighted by molar-refractivity contribution is 5.99. The van der Waals surface area contributed by atoms with Crippen LogP contribution in [0.2, 0.25) is 0 Å². The molecule has 5 heterocycles. The number of allylic oxidation sites excluding steroid dienone is 1. The molecule has 0 aliphatic carbocycles. The van der Waals surface area contributed by atoms with Crippen molar-refractivity contribution in [3.05, 3.63) is 144 Å². The molecule has 222 valence electrons. The van der Waals surface area contributed by atoms with Gasteiger partial charge in [-0.15, -0.1) is 0 Å². The number of rotatable bonds is 3. The maximum absolute atomic E-state index is 14.5. The van der Waals surface area contributed by atoms with E-state index >= 15 is 0 Å². The van der Waals surface area contributed by atoms with Gasteiger partial charge in [0, 0.05) is 38.8 Å². The van der Waals surface area contributed by atoms with E-state index in [4.69, 9.17) is 4.98 Å². The van der Waals surface area contributed by atoms with Crippen LogP contribution in [0.3, 0.4) is 0 Å². The third-order valence-corrected chi connectivity index (χ3v) is 8.19. The van der Waals surface area contributed by atoms with Gasteiger partial charge in [-0.3, -0.25) is 0 Å². The zero-order chi connectivity index (χ0) is 31.3. The van der Waals surface area contributed by atoms with Crippen LogP contribution in [-0.4, -0.2) is 26.1 Å². The molecule has 0 saturated heterocycles. The van der Waals surface area contributed by atoms with E-state index < -0.39 is 11.7 Å². The number of halogens is 3. The smallest absolute Gasteiger partial charge is 0.355 e. The summed E-state index contributed by atoms with van der Waals surface area (Å²) in [5, 5.41) is 0. The number of aromatic amines is 2. The van der Waals surface area contributed by atoms with Crippen molar-refractivity contribution in [2.24, 2.45) is 0 Å². The molecule has 4 nitrogen and oxygen atoms in total. The Morgan fingerprint density at radius 2 is 0.935 bits per heavy atom. The van der Waals surface area contributed by atoms with E-state index in [0.717, 1.165) is 56.3 Å². The summed E-state index contributed by atoms with van der Waals surface area (Å²) in [4.78, 5) is 16.7. The number of aromatic nitrogens is 4. The minimum atomic E-state index is -4.61. The zero-order valence-electron chi connectivity index (χ0n) is 24.3. The van der Waals surface area contributed by atoms with Gasteiger partial charge < -0.3 is 9.97 Å². The first kappa shape index (κ1) is 27.6. The second-order valence-electron chi connectivity index (χ2n) is 11.1. The number of H-pyrrole nitrogens is 2. The zero-order valence-corrected chi connectivity index (χ0v) is 24.3. The van der Waals surface area contributed by atoms with E-state index in [0.29, 0.717) is 16.6 Å². The summed E-state index contributed by atoms with van der Waals surface area (Å²) in [5.74, 6) is 0. The number of nitrogens with one attached hydrogen (secondary N) is 2. The van der Waals surface area contributed by atoms with E-state index in [2.05, 4.69) is 15.0 Å². The lowest BCUT2D eigenvalue weighted by Crippen LogP contribution is -2.09. The van der Waals surface area contributed by atoms with Gasteiger partial charge in [-0.2, -0.15) is 13.2 Å². The number of nitrogens with zero attached hydrogens (tertiary/aromatic N) is 2. The van der Waals surface area contributed by atoms with Gasteiger partial charge in [-0.25, -0.2) is 9.97 Å². The Bertz CT molecular complexity index is 2330. The Morgan fingerprint density at radius 1 is 0.478 bits per heavy atom. The molecule has 8 bridgehead atoms. The maximum Gasteiger partial charge on any atom is 0.418 e. The van der Waals surface area contributed by atoms with Crippen molar-refractivity contribution in [2.45, 2.75) is 6.18 Å². The molecular weight excluding hydrogens is 581 g/mol. The van der Waals surface area contributed by atoms with Gasteiger partial charge in [0.15, 0.2) is 0 Å². The third-order valence-electron chi connectivity index (χ3n) is 8.19. The van der Waals surface area contributed by atoms with Crippen LogP contribution < -0.4 is 0 Å². The average Bonchev–Trinajstić information content (AvgIpc) is 3.89. The van der Waals surface area contributed by atoms with Crippen molar-refractivity contribution in [1.82, 2.24) is 19.9 Å². The van der Waals surface area contributed by atoms with Crippen molar-refractivity contribution in [3.8, 4) is 33.4 Å². The molecule has 2 aliphatic heterocycles. The van der Waals surface area contributed by atoms with Crippen LogP contribution >= 0.6 is 0 Å². The molecule has 7 heteroatoms. The number of hydrogen-bond acceptors (Lipinski definition) is 2. The van der Waals surface area contributed by atoms with Crippen molar-refractivity contribution in [2.75, 3.05) is 0 Å². The monoisotopic (exact) mass is 606 g/mol. The Morgan fingerprint density at radius 3 is 1.43 bits per heavy atom. The third kappa shape index (κ3) is 4.92. The molecule has 6 aromatic rings. The lowest BCUT2D eigenvalue weighted by molar-refractivity contribution is -0.0683. The Hall–Kier alpha value is -5.95. The second-order valence-corrected chi connectivity index (χ2v) is 11.1. The van der Waals surface area contributed by atoms with E-state index in [9.17, 15) is 13.2 Å². The van der Waals surface area contributed by atoms with Crippen molar-refractivity contribution < 1.29 is 13.2 Å². The minimum absolute atomic E-state index is 0.158. The minimum Gasteiger partial charge on any atom is -0.355 e. The van der Waals surface area contributed by atoms with Gasteiger partial charge in [-0.1, -0.05) is 91.0 Å². The fourth-order valence-electron chi connectivity index (χ4n) is 6.15. The highest BCUT2D eigenvalue weighted by atomic mass is 19.4. The number of hydrogen-bond donors (Lipinski definition) is 2. The van der Waals surface area contributed by atoms with Gasteiger partial charge in [-0.05, 0) is 65.3 Å². The summed E-state index contributed by atoms with van der Waals surface area (Å²) in [5.41, 5.74) is 8.33. The van der Waals surface area contributed by atoms with Gasteiger partial charge in [0.05, 0.1) is 28.3 Å². The van der Waals surface area contributed by atoms with Gasteiger partial charge >= 0.3 is 6.18 Å². The lowest BCUT2D eigenvalue weighted by atomic mass is 10.0. The van der Waals surface area contributed by atoms with Crippen LogP contribution in [0.5, 0.6) is 0 Å². The highest BCUT2D eigenvalue weighted by Crippen LogP contribution is 2.41. The number of alkyl halides is 3. The first-order chi connectivity index (χ1) is 22.4. The normalized spacial score (nSPS) is 12.7. The lowest BCUT2D eigenvalue weighted by Gasteiger charge is -2.06. The molecule has 2 aliphatic rings. The van der Waals surface area contributed by atoms with Gasteiger partial charge in [0.25, 0.3) is 0 Å². The van der Waals surface area contributed by atoms with E-state index in [-0.39, 0.29) is 11.4 Å². The fourth-order valence-corrected chi connectivity index (χ4v) is 6.15. The predicted molar refractivity (Wildman–Crippen MR) is 180 cm³/mol. The van der Waals surface area contributed by atoms with E-state index in [1.807, 2.05) is 121 Å². The van der Waals surface area contributed by atoms with E-state index in [1.54, 1.807) is 6.07 Å². The molecule has 0 fully saturated rings. The highest BCUT2D eigenvalue weighted by Gasteiger charge is 2.38. The summed E-state index contributed by atoms with van der Waals surface area (Å²) < 4.78 is 43.6. The predicted octanol–water partition coefficient (Wildman–Crippen LogP) is 10.6. The molecule has 46 heavy (non-hydrogen) atoms. The SMILES string of the molecule is FC(F)(F)C1=Cc2nc1cc1ccc([nH]1)c(-c1ccccc1)c1nc(c(-c3ccccc3)c3ccc([nH]3)c2-c2ccccc2)C=C1. The van der Waals surface area contributed by atoms with Gasteiger partial charge in [0.1, 0.15) is 0 Å². The van der Waals surface area contributed by atoms with Crippen molar-refractivity contribution >= 4 is 45.9 Å². The summed E-state index contributed by atoms with van der Waals surface area (Å²) in [6, 6.07) is 38.1. The van der Waals surface area contributed by atoms with E-state index in [1.165, 1.54) is 6.07 Å². The molecule has 3 aromatic carbocycles. The molecule has 2 N–H and O–H groups in total. The molecule has 0 radical (unpaired) electrons. The molecule has 0 spiro atoms. The summed E-state index contributed by atoms with van der Waals surface area (Å²) in [6.07, 6.45) is 0.533. The van der Waals surface area contributed by atoms with Crippen molar-refractivity contribution in [1.29, 1.82) is 0 Å². The van der Waals surface area contributed by atoms with Crippen LogP contribution in [0, 0.1) is 0 Å². The van der Waals surface area contributed by atoms with Crippen LogP contribution in [0.4, 0.5) is 13.2 Å². The topological polar surface area (TPSA) is 57.4 Å². The molecule has 0 unspecified atom stereocenters. The van der Waals surface area contributed by atoms with Crippen LogP contribution in [0.25, 0.3) is 79.2 Å². The largest absolute Gasteiger partial charge is 0.418 e. The van der Waals surface area contributed by atoms with Crippen LogP contribution in [0.15, 0.2) is 121 Å². The van der Waals surface area contributed by atoms with Gasteiger partial charge in [0.2, 0.25) is 0 Å². The molecular formula is C39H25F3N4. The van der Waals surface area contributed by atoms with Crippen molar-refractivity contribution in [3.63, 3.8) is 0 Å². The summed E-state index contributed by atoms with van der Waals surface area (Å²) in [7, 11) is 0. The first-order valence-corrected chi connectivity index (χ1v) is 14.8. The average molecular weight is 607 g/mol. The Labute approximate surface area is 262 Å².